The average molecular weight is 221 g/mol. The fraction of sp³-hybridized carbons (Fsp3) is 0.333. The first kappa shape index (κ1) is 11.6. The van der Waals surface area contributed by atoms with Crippen LogP contribution >= 0.6 is 0 Å². The zero-order chi connectivity index (χ0) is 11.5. The Kier molecular flexibility index (Phi) is 3.39. The largest absolute Gasteiger partial charge is 0.389 e. The lowest BCUT2D eigenvalue weighted by atomic mass is 10.1. The summed E-state index contributed by atoms with van der Waals surface area (Å²) in [6.45, 7) is 0. The summed E-state index contributed by atoms with van der Waals surface area (Å²) in [5.74, 6) is -1.84. The van der Waals surface area contributed by atoms with E-state index in [1.807, 2.05) is 0 Å². The van der Waals surface area contributed by atoms with Gasteiger partial charge in [0.05, 0.1) is 6.42 Å². The van der Waals surface area contributed by atoms with Crippen LogP contribution in [0.2, 0.25) is 0 Å². The molecule has 0 fully saturated rings. The van der Waals surface area contributed by atoms with Gasteiger partial charge in [0.15, 0.2) is 11.6 Å². The van der Waals surface area contributed by atoms with Gasteiger partial charge >= 0.3 is 6.18 Å². The predicted molar refractivity (Wildman–Crippen MR) is 43.8 cm³/mol. The summed E-state index contributed by atoms with van der Waals surface area (Å²) in [6.07, 6.45) is -5.30. The fourth-order valence-corrected chi connectivity index (χ4v) is 0.965. The maximum atomic E-state index is 12.9. The molecule has 0 aliphatic rings. The maximum absolute atomic E-state index is 12.9. The average Bonchev–Trinajstić information content (AvgIpc) is 2.14. The summed E-state index contributed by atoms with van der Waals surface area (Å²) in [4.78, 5) is 14.5. The molecule has 15 heavy (non-hydrogen) atoms. The third kappa shape index (κ3) is 3.65. The van der Waals surface area contributed by atoms with Gasteiger partial charge in [-0.05, 0) is 12.1 Å². The van der Waals surface area contributed by atoms with Crippen LogP contribution in [0.25, 0.3) is 0 Å². The van der Waals surface area contributed by atoms with Crippen LogP contribution in [0, 0.1) is 5.82 Å². The molecule has 0 aliphatic heterocycles. The molecule has 1 aromatic heterocycles. The van der Waals surface area contributed by atoms with Crippen LogP contribution < -0.4 is 0 Å². The summed E-state index contributed by atoms with van der Waals surface area (Å²) in [7, 11) is 0. The Morgan fingerprint density at radius 2 is 2.07 bits per heavy atom. The summed E-state index contributed by atoms with van der Waals surface area (Å²) in [6, 6.07) is 2.24. The minimum Gasteiger partial charge on any atom is -0.292 e. The second kappa shape index (κ2) is 4.37. The third-order valence-corrected chi connectivity index (χ3v) is 1.66. The molecule has 0 unspecified atom stereocenters. The van der Waals surface area contributed by atoms with Gasteiger partial charge in [-0.1, -0.05) is 0 Å². The van der Waals surface area contributed by atoms with Crippen LogP contribution in [0.4, 0.5) is 17.6 Å². The number of carbonyl (C=O) groups excluding carboxylic acids is 1. The summed E-state index contributed by atoms with van der Waals surface area (Å²) in [5, 5.41) is 0. The van der Waals surface area contributed by atoms with Gasteiger partial charge in [-0.2, -0.15) is 13.2 Å². The van der Waals surface area contributed by atoms with Crippen molar-refractivity contribution in [3.8, 4) is 0 Å². The number of carbonyl (C=O) groups is 1. The van der Waals surface area contributed by atoms with Crippen molar-refractivity contribution in [1.29, 1.82) is 0 Å². The minimum atomic E-state index is -4.42. The van der Waals surface area contributed by atoms with E-state index in [4.69, 9.17) is 0 Å². The van der Waals surface area contributed by atoms with E-state index in [2.05, 4.69) is 4.98 Å². The van der Waals surface area contributed by atoms with E-state index in [9.17, 15) is 22.4 Å². The number of pyridine rings is 1. The Hall–Kier alpha value is -1.46. The molecule has 0 saturated carbocycles. The van der Waals surface area contributed by atoms with Crippen LogP contribution in [-0.2, 0) is 0 Å². The van der Waals surface area contributed by atoms with Gasteiger partial charge in [0, 0.05) is 12.6 Å². The number of aromatic nitrogens is 1. The van der Waals surface area contributed by atoms with E-state index < -0.39 is 36.3 Å². The maximum Gasteiger partial charge on any atom is 0.389 e. The highest BCUT2D eigenvalue weighted by molar-refractivity contribution is 5.94. The highest BCUT2D eigenvalue weighted by Gasteiger charge is 2.28. The van der Waals surface area contributed by atoms with Gasteiger partial charge in [0.1, 0.15) is 5.69 Å². The zero-order valence-corrected chi connectivity index (χ0v) is 7.51. The standard InChI is InChI=1S/C9H7F4NO/c10-6-2-1-5-14-8(6)7(15)3-4-9(11,12)13/h1-2,5H,3-4H2. The number of alkyl halides is 3. The van der Waals surface area contributed by atoms with Gasteiger partial charge in [-0.15, -0.1) is 0 Å². The highest BCUT2D eigenvalue weighted by atomic mass is 19.4. The Morgan fingerprint density at radius 1 is 1.40 bits per heavy atom. The first-order chi connectivity index (χ1) is 6.90. The molecule has 6 heteroatoms. The topological polar surface area (TPSA) is 30.0 Å². The highest BCUT2D eigenvalue weighted by Crippen LogP contribution is 2.22. The lowest BCUT2D eigenvalue weighted by Gasteiger charge is -2.04. The van der Waals surface area contributed by atoms with Crippen molar-refractivity contribution in [3.05, 3.63) is 29.8 Å². The number of rotatable bonds is 3. The molecule has 0 bridgehead atoms. The van der Waals surface area contributed by atoms with Crippen molar-refractivity contribution in [3.63, 3.8) is 0 Å². The van der Waals surface area contributed by atoms with Crippen LogP contribution in [-0.4, -0.2) is 16.9 Å². The first-order valence-electron chi connectivity index (χ1n) is 4.10. The van der Waals surface area contributed by atoms with Crippen LogP contribution in [0.3, 0.4) is 0 Å². The predicted octanol–water partition coefficient (Wildman–Crippen LogP) is 2.75. The summed E-state index contributed by atoms with van der Waals surface area (Å²) >= 11 is 0. The Labute approximate surface area is 82.9 Å². The smallest absolute Gasteiger partial charge is 0.292 e. The molecule has 0 radical (unpaired) electrons. The number of hydrogen-bond donors (Lipinski definition) is 0. The molecule has 1 rings (SSSR count). The van der Waals surface area contributed by atoms with E-state index >= 15 is 0 Å². The Balaban J connectivity index is 2.66. The van der Waals surface area contributed by atoms with Crippen molar-refractivity contribution in [2.24, 2.45) is 0 Å². The molecule has 0 amide bonds. The summed E-state index contributed by atoms with van der Waals surface area (Å²) < 4.78 is 48.2. The quantitative estimate of drug-likeness (QED) is 0.580. The molecule has 82 valence electrons. The van der Waals surface area contributed by atoms with Crippen molar-refractivity contribution in [1.82, 2.24) is 4.98 Å². The van der Waals surface area contributed by atoms with Gasteiger partial charge in [0.25, 0.3) is 0 Å². The van der Waals surface area contributed by atoms with Crippen molar-refractivity contribution in [2.45, 2.75) is 19.0 Å². The van der Waals surface area contributed by atoms with Crippen LogP contribution in [0.15, 0.2) is 18.3 Å². The lowest BCUT2D eigenvalue weighted by molar-refractivity contribution is -0.133. The molecule has 0 atom stereocenters. The van der Waals surface area contributed by atoms with Gasteiger partial charge < -0.3 is 0 Å². The number of halogens is 4. The molecule has 0 N–H and O–H groups in total. The van der Waals surface area contributed by atoms with Crippen molar-refractivity contribution in [2.75, 3.05) is 0 Å². The molecule has 1 aromatic rings. The Bertz CT molecular complexity index is 361. The molecular weight excluding hydrogens is 214 g/mol. The van der Waals surface area contributed by atoms with E-state index in [0.717, 1.165) is 12.3 Å². The van der Waals surface area contributed by atoms with Gasteiger partial charge in [-0.3, -0.25) is 9.78 Å². The number of hydrogen-bond acceptors (Lipinski definition) is 2. The second-order valence-electron chi connectivity index (χ2n) is 2.87. The van der Waals surface area contributed by atoms with E-state index in [-0.39, 0.29) is 0 Å². The zero-order valence-electron chi connectivity index (χ0n) is 7.51. The third-order valence-electron chi connectivity index (χ3n) is 1.66. The van der Waals surface area contributed by atoms with Crippen molar-refractivity contribution >= 4 is 5.78 Å². The molecule has 0 saturated heterocycles. The van der Waals surface area contributed by atoms with Gasteiger partial charge in [-0.25, -0.2) is 4.39 Å². The van der Waals surface area contributed by atoms with E-state index in [1.165, 1.54) is 6.07 Å². The first-order valence-corrected chi connectivity index (χ1v) is 4.10. The number of ketones is 1. The van der Waals surface area contributed by atoms with E-state index in [1.54, 1.807) is 0 Å². The monoisotopic (exact) mass is 221 g/mol. The molecule has 0 aromatic carbocycles. The number of Topliss-reactive ketones (excluding diaryl/α,β-unsaturated/α-hetero) is 1. The molecule has 0 aliphatic carbocycles. The second-order valence-corrected chi connectivity index (χ2v) is 2.87. The van der Waals surface area contributed by atoms with Crippen LogP contribution in [0.1, 0.15) is 23.3 Å². The molecular formula is C9H7F4NO. The molecule has 1 heterocycles. The Morgan fingerprint density at radius 3 is 2.60 bits per heavy atom. The fourth-order valence-electron chi connectivity index (χ4n) is 0.965. The molecule has 2 nitrogen and oxygen atoms in total. The summed E-state index contributed by atoms with van der Waals surface area (Å²) in [5.41, 5.74) is -0.540. The minimum absolute atomic E-state index is 0.540. The SMILES string of the molecule is O=C(CCC(F)(F)F)c1ncccc1F. The van der Waals surface area contributed by atoms with E-state index in [0.29, 0.717) is 0 Å². The normalized spacial score (nSPS) is 11.5. The molecule has 0 spiro atoms. The van der Waals surface area contributed by atoms with Crippen LogP contribution in [0.5, 0.6) is 0 Å². The van der Waals surface area contributed by atoms with Gasteiger partial charge in [0.2, 0.25) is 0 Å². The number of nitrogens with zero attached hydrogens (tertiary/aromatic N) is 1. The van der Waals surface area contributed by atoms with Crippen molar-refractivity contribution < 1.29 is 22.4 Å². The lowest BCUT2D eigenvalue weighted by Crippen LogP contribution is -2.12.